The lowest BCUT2D eigenvalue weighted by Crippen LogP contribution is -2.25. The van der Waals surface area contributed by atoms with E-state index in [9.17, 15) is 25.5 Å². The van der Waals surface area contributed by atoms with Crippen molar-refractivity contribution in [3.8, 4) is 17.2 Å². The van der Waals surface area contributed by atoms with Crippen LogP contribution in [0.2, 0.25) is 0 Å². The second-order valence-electron chi connectivity index (χ2n) is 6.50. The first-order chi connectivity index (χ1) is 11.9. The van der Waals surface area contributed by atoms with Crippen molar-refractivity contribution in [3.05, 3.63) is 53.1 Å². The summed E-state index contributed by atoms with van der Waals surface area (Å²) < 4.78 is 5.77. The summed E-state index contributed by atoms with van der Waals surface area (Å²) in [6.07, 6.45) is -1.41. The minimum Gasteiger partial charge on any atom is -0.508 e. The molecular weight excluding hydrogens is 324 g/mol. The summed E-state index contributed by atoms with van der Waals surface area (Å²) in [6, 6.07) is 9.38. The molecule has 1 fully saturated rings. The summed E-state index contributed by atoms with van der Waals surface area (Å²) in [7, 11) is 0. The van der Waals surface area contributed by atoms with Gasteiger partial charge in [0.05, 0.1) is 18.8 Å². The molecule has 1 heterocycles. The molecule has 1 aliphatic rings. The van der Waals surface area contributed by atoms with Gasteiger partial charge in [-0.3, -0.25) is 0 Å². The zero-order valence-electron chi connectivity index (χ0n) is 13.8. The second-order valence-corrected chi connectivity index (χ2v) is 6.50. The number of aryl methyl sites for hydroxylation is 1. The van der Waals surface area contributed by atoms with Gasteiger partial charge in [-0.15, -0.1) is 0 Å². The van der Waals surface area contributed by atoms with Crippen LogP contribution >= 0.6 is 0 Å². The fourth-order valence-electron chi connectivity index (χ4n) is 3.36. The van der Waals surface area contributed by atoms with Gasteiger partial charge in [-0.2, -0.15) is 0 Å². The number of hydrogen-bond acceptors (Lipinski definition) is 6. The van der Waals surface area contributed by atoms with Crippen molar-refractivity contribution in [3.63, 3.8) is 0 Å². The summed E-state index contributed by atoms with van der Waals surface area (Å²) >= 11 is 0. The van der Waals surface area contributed by atoms with E-state index >= 15 is 0 Å². The Morgan fingerprint density at radius 1 is 1.04 bits per heavy atom. The van der Waals surface area contributed by atoms with Crippen molar-refractivity contribution in [2.45, 2.75) is 19.1 Å². The normalized spacial score (nSPS) is 24.4. The first-order valence-corrected chi connectivity index (χ1v) is 8.14. The quantitative estimate of drug-likeness (QED) is 0.543. The lowest BCUT2D eigenvalue weighted by atomic mass is 9.82. The van der Waals surface area contributed by atoms with Gasteiger partial charge in [0.15, 0.2) is 11.5 Å². The van der Waals surface area contributed by atoms with Crippen molar-refractivity contribution < 1.29 is 30.3 Å². The summed E-state index contributed by atoms with van der Waals surface area (Å²) in [5.41, 5.74) is 1.90. The van der Waals surface area contributed by atoms with Crippen LogP contribution in [0.25, 0.3) is 0 Å². The molecule has 4 atom stereocenters. The van der Waals surface area contributed by atoms with Crippen LogP contribution in [-0.2, 0) is 4.74 Å². The molecule has 0 bridgehead atoms. The highest BCUT2D eigenvalue weighted by atomic mass is 16.5. The maximum Gasteiger partial charge on any atom is 0.157 e. The Kier molecular flexibility index (Phi) is 4.85. The topological polar surface area (TPSA) is 110 Å². The summed E-state index contributed by atoms with van der Waals surface area (Å²) in [4.78, 5) is 0. The number of aliphatic hydroxyl groups is 2. The molecule has 0 amide bonds. The minimum atomic E-state index is -0.903. The molecule has 0 aromatic heterocycles. The molecule has 1 aliphatic heterocycles. The monoisotopic (exact) mass is 346 g/mol. The molecule has 2 aromatic rings. The van der Waals surface area contributed by atoms with Gasteiger partial charge in [0.25, 0.3) is 0 Å². The second kappa shape index (κ2) is 6.92. The van der Waals surface area contributed by atoms with E-state index in [-0.39, 0.29) is 42.3 Å². The third-order valence-corrected chi connectivity index (χ3v) is 4.93. The molecule has 134 valence electrons. The van der Waals surface area contributed by atoms with E-state index in [1.54, 1.807) is 25.1 Å². The largest absolute Gasteiger partial charge is 0.508 e. The summed E-state index contributed by atoms with van der Waals surface area (Å²) in [5, 5.41) is 49.5. The number of hydrogen-bond donors (Lipinski definition) is 5. The van der Waals surface area contributed by atoms with Crippen molar-refractivity contribution in [2.24, 2.45) is 11.8 Å². The van der Waals surface area contributed by atoms with E-state index in [2.05, 4.69) is 0 Å². The Morgan fingerprint density at radius 2 is 1.80 bits per heavy atom. The highest BCUT2D eigenvalue weighted by Crippen LogP contribution is 2.45. The molecule has 0 radical (unpaired) electrons. The van der Waals surface area contributed by atoms with Crippen molar-refractivity contribution in [2.75, 3.05) is 13.2 Å². The molecule has 0 aliphatic carbocycles. The first kappa shape index (κ1) is 17.5. The van der Waals surface area contributed by atoms with Crippen LogP contribution in [0.1, 0.15) is 28.9 Å². The molecule has 25 heavy (non-hydrogen) atoms. The van der Waals surface area contributed by atoms with Gasteiger partial charge in [0.1, 0.15) is 5.75 Å². The van der Waals surface area contributed by atoms with Gasteiger partial charge in [0, 0.05) is 18.4 Å². The third-order valence-electron chi connectivity index (χ3n) is 4.93. The lowest BCUT2D eigenvalue weighted by molar-refractivity contribution is 0.0633. The van der Waals surface area contributed by atoms with Crippen LogP contribution in [0.15, 0.2) is 36.4 Å². The zero-order chi connectivity index (χ0) is 18.1. The fraction of sp³-hybridized carbons (Fsp3) is 0.368. The minimum absolute atomic E-state index is 0.107. The van der Waals surface area contributed by atoms with Crippen molar-refractivity contribution in [1.29, 1.82) is 0 Å². The number of ether oxygens (including phenoxy) is 1. The number of aromatic hydroxyl groups is 3. The highest BCUT2D eigenvalue weighted by Gasteiger charge is 2.42. The number of rotatable bonds is 4. The maximum atomic E-state index is 10.7. The van der Waals surface area contributed by atoms with E-state index in [4.69, 9.17) is 4.74 Å². The molecule has 1 saturated heterocycles. The SMILES string of the molecule is Cc1ccc([C@@H](O)[C@H]2CO[C@H](c3ccc(O)c(O)c3)[C@H]2CO)cc1O. The first-order valence-electron chi connectivity index (χ1n) is 8.14. The molecule has 6 nitrogen and oxygen atoms in total. The zero-order valence-corrected chi connectivity index (χ0v) is 13.8. The number of phenolic OH excluding ortho intramolecular Hbond substituents is 3. The van der Waals surface area contributed by atoms with Crippen LogP contribution in [0.5, 0.6) is 17.2 Å². The molecule has 0 spiro atoms. The highest BCUT2D eigenvalue weighted by molar-refractivity contribution is 5.42. The van der Waals surface area contributed by atoms with Crippen LogP contribution < -0.4 is 0 Å². The molecule has 3 rings (SSSR count). The smallest absolute Gasteiger partial charge is 0.157 e. The number of benzene rings is 2. The van der Waals surface area contributed by atoms with Gasteiger partial charge in [0.2, 0.25) is 0 Å². The van der Waals surface area contributed by atoms with Crippen LogP contribution in [0.4, 0.5) is 0 Å². The van der Waals surface area contributed by atoms with E-state index in [1.165, 1.54) is 18.2 Å². The lowest BCUT2D eigenvalue weighted by Gasteiger charge is -2.25. The third kappa shape index (κ3) is 3.28. The maximum absolute atomic E-state index is 10.7. The van der Waals surface area contributed by atoms with E-state index < -0.39 is 12.2 Å². The Labute approximate surface area is 145 Å². The van der Waals surface area contributed by atoms with Crippen LogP contribution in [0, 0.1) is 18.8 Å². The Balaban J connectivity index is 1.85. The Morgan fingerprint density at radius 3 is 2.44 bits per heavy atom. The van der Waals surface area contributed by atoms with Crippen molar-refractivity contribution in [1.82, 2.24) is 0 Å². The fourth-order valence-corrected chi connectivity index (χ4v) is 3.36. The molecule has 0 unspecified atom stereocenters. The molecule has 0 saturated carbocycles. The van der Waals surface area contributed by atoms with E-state index in [0.717, 1.165) is 5.56 Å². The van der Waals surface area contributed by atoms with Gasteiger partial charge < -0.3 is 30.3 Å². The standard InChI is InChI=1S/C19H22O6/c1-10-2-3-11(6-16(10)22)18(24)14-9-25-19(13(14)8-20)12-4-5-15(21)17(23)7-12/h2-7,13-14,18-24H,8-9H2,1H3/t13-,14-,18+,19+/m0/s1. The molecular formula is C19H22O6. The molecule has 5 N–H and O–H groups in total. The van der Waals surface area contributed by atoms with Gasteiger partial charge in [-0.05, 0) is 41.8 Å². The Hall–Kier alpha value is -2.28. The molecule has 6 heteroatoms. The van der Waals surface area contributed by atoms with Gasteiger partial charge in [-0.25, -0.2) is 0 Å². The van der Waals surface area contributed by atoms with Gasteiger partial charge in [-0.1, -0.05) is 18.2 Å². The number of phenols is 3. The summed E-state index contributed by atoms with van der Waals surface area (Å²) in [5.74, 6) is -1.13. The molecule has 2 aromatic carbocycles. The predicted octanol–water partition coefficient (Wildman–Crippen LogP) is 2.14. The Bertz CT molecular complexity index is 760. The average Bonchev–Trinajstić information content (AvgIpc) is 3.03. The average molecular weight is 346 g/mol. The van der Waals surface area contributed by atoms with E-state index in [0.29, 0.717) is 11.1 Å². The number of aliphatic hydroxyl groups excluding tert-OH is 2. The van der Waals surface area contributed by atoms with Crippen LogP contribution in [0.3, 0.4) is 0 Å². The van der Waals surface area contributed by atoms with Gasteiger partial charge >= 0.3 is 0 Å². The summed E-state index contributed by atoms with van der Waals surface area (Å²) in [6.45, 7) is 1.80. The van der Waals surface area contributed by atoms with Crippen molar-refractivity contribution >= 4 is 0 Å². The van der Waals surface area contributed by atoms with E-state index in [1.807, 2.05) is 0 Å². The van der Waals surface area contributed by atoms with Crippen LogP contribution in [-0.4, -0.2) is 38.7 Å². The predicted molar refractivity (Wildman–Crippen MR) is 90.3 cm³/mol.